The van der Waals surface area contributed by atoms with Gasteiger partial charge in [0.15, 0.2) is 6.61 Å². The lowest BCUT2D eigenvalue weighted by Gasteiger charge is -2.19. The lowest BCUT2D eigenvalue weighted by atomic mass is 10.0. The Kier molecular flexibility index (Phi) is 6.11. The molecule has 0 saturated heterocycles. The maximum atomic E-state index is 12.6. The molecule has 2 aromatic rings. The maximum absolute atomic E-state index is 12.6. The zero-order valence-electron chi connectivity index (χ0n) is 17.3. The molecule has 1 amide bonds. The fraction of sp³-hybridized carbons (Fsp3) is 0.391. The van der Waals surface area contributed by atoms with Crippen LogP contribution in [0.1, 0.15) is 53.2 Å². The molecule has 0 aromatic heterocycles. The molecule has 164 valence electrons. The van der Waals surface area contributed by atoms with Crippen LogP contribution < -0.4 is 10.0 Å². The van der Waals surface area contributed by atoms with Crippen molar-refractivity contribution >= 4 is 21.9 Å². The summed E-state index contributed by atoms with van der Waals surface area (Å²) in [6, 6.07) is 13.9. The quantitative estimate of drug-likeness (QED) is 0.582. The first kappa shape index (κ1) is 21.5. The summed E-state index contributed by atoms with van der Waals surface area (Å²) in [5.41, 5.74) is 1.74. The highest BCUT2D eigenvalue weighted by Gasteiger charge is 2.33. The van der Waals surface area contributed by atoms with Crippen molar-refractivity contribution in [1.29, 1.82) is 0 Å². The van der Waals surface area contributed by atoms with Crippen molar-refractivity contribution in [3.63, 3.8) is 0 Å². The summed E-state index contributed by atoms with van der Waals surface area (Å²) in [5.74, 6) is -0.713. The minimum Gasteiger partial charge on any atom is -0.452 e. The number of carbonyl (C=O) groups excluding carboxylic acids is 2. The highest BCUT2D eigenvalue weighted by atomic mass is 32.2. The number of rotatable bonds is 9. The Bertz CT molecular complexity index is 1080. The van der Waals surface area contributed by atoms with Crippen LogP contribution in [0.3, 0.4) is 0 Å². The van der Waals surface area contributed by atoms with E-state index < -0.39 is 22.6 Å². The molecule has 0 bridgehead atoms. The molecular formula is C23H26N2O5S. The SMILES string of the molecule is Cc1ccc(S(=O)(=O)NC2CC2)cc1C(=O)OCC(=O)NC(c1ccccc1)C1CC1. The number of amides is 1. The van der Waals surface area contributed by atoms with Crippen molar-refractivity contribution in [2.24, 2.45) is 5.92 Å². The second-order valence-corrected chi connectivity index (χ2v) is 9.96. The molecule has 1 unspecified atom stereocenters. The summed E-state index contributed by atoms with van der Waals surface area (Å²) in [5, 5.41) is 2.96. The molecule has 1 atom stereocenters. The number of hydrogen-bond donors (Lipinski definition) is 2. The topological polar surface area (TPSA) is 102 Å². The van der Waals surface area contributed by atoms with Gasteiger partial charge in [-0.15, -0.1) is 0 Å². The van der Waals surface area contributed by atoms with Crippen molar-refractivity contribution in [3.05, 3.63) is 65.2 Å². The molecule has 0 spiro atoms. The van der Waals surface area contributed by atoms with Crippen LogP contribution in [0.25, 0.3) is 0 Å². The van der Waals surface area contributed by atoms with E-state index in [-0.39, 0.29) is 28.4 Å². The average Bonchev–Trinajstić information content (AvgIpc) is 3.66. The van der Waals surface area contributed by atoms with Gasteiger partial charge in [-0.2, -0.15) is 0 Å². The van der Waals surface area contributed by atoms with Crippen LogP contribution in [-0.4, -0.2) is 32.9 Å². The fourth-order valence-electron chi connectivity index (χ4n) is 3.46. The first-order valence-electron chi connectivity index (χ1n) is 10.5. The highest BCUT2D eigenvalue weighted by Crippen LogP contribution is 2.40. The first-order valence-corrected chi connectivity index (χ1v) is 12.0. The second-order valence-electron chi connectivity index (χ2n) is 8.24. The van der Waals surface area contributed by atoms with Crippen LogP contribution >= 0.6 is 0 Å². The molecule has 7 nitrogen and oxygen atoms in total. The van der Waals surface area contributed by atoms with Gasteiger partial charge in [-0.25, -0.2) is 17.9 Å². The van der Waals surface area contributed by atoms with E-state index >= 15 is 0 Å². The van der Waals surface area contributed by atoms with Gasteiger partial charge in [0, 0.05) is 6.04 Å². The summed E-state index contributed by atoms with van der Waals surface area (Å²) < 4.78 is 32.7. The van der Waals surface area contributed by atoms with Crippen LogP contribution in [-0.2, 0) is 19.6 Å². The highest BCUT2D eigenvalue weighted by molar-refractivity contribution is 7.89. The van der Waals surface area contributed by atoms with Gasteiger partial charge in [-0.3, -0.25) is 4.79 Å². The van der Waals surface area contributed by atoms with Gasteiger partial charge in [-0.05, 0) is 61.8 Å². The third kappa shape index (κ3) is 5.51. The number of hydrogen-bond acceptors (Lipinski definition) is 5. The molecule has 2 aliphatic carbocycles. The van der Waals surface area contributed by atoms with Gasteiger partial charge in [0.1, 0.15) is 0 Å². The standard InChI is InChI=1S/C23H26N2O5S/c1-15-7-12-19(31(28,29)25-18-10-11-18)13-20(15)23(27)30-14-21(26)24-22(17-8-9-17)16-5-3-2-4-6-16/h2-7,12-13,17-18,22,25H,8-11,14H2,1H3,(H,24,26). The van der Waals surface area contributed by atoms with E-state index in [1.165, 1.54) is 12.1 Å². The van der Waals surface area contributed by atoms with Gasteiger partial charge in [0.25, 0.3) is 5.91 Å². The molecule has 2 aliphatic rings. The Hall–Kier alpha value is -2.71. The van der Waals surface area contributed by atoms with Gasteiger partial charge in [0.2, 0.25) is 10.0 Å². The zero-order valence-corrected chi connectivity index (χ0v) is 18.2. The van der Waals surface area contributed by atoms with Crippen molar-refractivity contribution in [2.75, 3.05) is 6.61 Å². The lowest BCUT2D eigenvalue weighted by molar-refractivity contribution is -0.125. The minimum atomic E-state index is -3.69. The number of carbonyl (C=O) groups is 2. The van der Waals surface area contributed by atoms with E-state index in [0.29, 0.717) is 11.5 Å². The summed E-state index contributed by atoms with van der Waals surface area (Å²) in [6.07, 6.45) is 3.74. The largest absolute Gasteiger partial charge is 0.452 e. The Morgan fingerprint density at radius 2 is 1.77 bits per heavy atom. The Morgan fingerprint density at radius 1 is 1.06 bits per heavy atom. The zero-order chi connectivity index (χ0) is 22.0. The lowest BCUT2D eigenvalue weighted by Crippen LogP contribution is -2.33. The number of ether oxygens (including phenoxy) is 1. The summed E-state index contributed by atoms with van der Waals surface area (Å²) >= 11 is 0. The van der Waals surface area contributed by atoms with Crippen molar-refractivity contribution in [1.82, 2.24) is 10.0 Å². The molecule has 4 rings (SSSR count). The maximum Gasteiger partial charge on any atom is 0.338 e. The summed E-state index contributed by atoms with van der Waals surface area (Å²) in [7, 11) is -3.69. The molecule has 2 saturated carbocycles. The molecule has 31 heavy (non-hydrogen) atoms. The number of benzene rings is 2. The Labute approximate surface area is 182 Å². The van der Waals surface area contributed by atoms with E-state index in [0.717, 1.165) is 31.2 Å². The monoisotopic (exact) mass is 442 g/mol. The first-order chi connectivity index (χ1) is 14.8. The molecule has 2 aromatic carbocycles. The Morgan fingerprint density at radius 3 is 2.42 bits per heavy atom. The second kappa shape index (κ2) is 8.80. The third-order valence-corrected chi connectivity index (χ3v) is 7.06. The predicted octanol–water partition coefficient (Wildman–Crippen LogP) is 2.86. The molecule has 8 heteroatoms. The Balaban J connectivity index is 1.39. The number of esters is 1. The fourth-order valence-corrected chi connectivity index (χ4v) is 4.79. The van der Waals surface area contributed by atoms with Gasteiger partial charge in [0.05, 0.1) is 16.5 Å². The van der Waals surface area contributed by atoms with Gasteiger partial charge >= 0.3 is 5.97 Å². The molecule has 0 aliphatic heterocycles. The smallest absolute Gasteiger partial charge is 0.338 e. The predicted molar refractivity (Wildman–Crippen MR) is 115 cm³/mol. The summed E-state index contributed by atoms with van der Waals surface area (Å²) in [6.45, 7) is 1.27. The molecule has 2 fully saturated rings. The van der Waals surface area contributed by atoms with Crippen molar-refractivity contribution in [2.45, 2.75) is 49.6 Å². The minimum absolute atomic E-state index is 0.0132. The number of sulfonamides is 1. The van der Waals surface area contributed by atoms with Gasteiger partial charge < -0.3 is 10.1 Å². The third-order valence-electron chi connectivity index (χ3n) is 5.54. The van der Waals surface area contributed by atoms with E-state index in [1.807, 2.05) is 30.3 Å². The van der Waals surface area contributed by atoms with E-state index in [9.17, 15) is 18.0 Å². The van der Waals surface area contributed by atoms with Crippen molar-refractivity contribution < 1.29 is 22.7 Å². The normalized spacial score (nSPS) is 17.1. The van der Waals surface area contributed by atoms with Crippen LogP contribution in [0.15, 0.2) is 53.4 Å². The summed E-state index contributed by atoms with van der Waals surface area (Å²) in [4.78, 5) is 25.0. The van der Waals surface area contributed by atoms with Crippen LogP contribution in [0.5, 0.6) is 0 Å². The van der Waals surface area contributed by atoms with Crippen molar-refractivity contribution in [3.8, 4) is 0 Å². The molecule has 0 heterocycles. The average molecular weight is 443 g/mol. The van der Waals surface area contributed by atoms with Crippen LogP contribution in [0.2, 0.25) is 0 Å². The van der Waals surface area contributed by atoms with E-state index in [2.05, 4.69) is 10.0 Å². The molecule has 2 N–H and O–H groups in total. The number of nitrogens with one attached hydrogen (secondary N) is 2. The molecule has 0 radical (unpaired) electrons. The van der Waals surface area contributed by atoms with E-state index in [1.54, 1.807) is 13.0 Å². The molecular weight excluding hydrogens is 416 g/mol. The van der Waals surface area contributed by atoms with E-state index in [4.69, 9.17) is 4.74 Å². The number of aryl methyl sites for hydroxylation is 1. The van der Waals surface area contributed by atoms with Crippen LogP contribution in [0.4, 0.5) is 0 Å². The van der Waals surface area contributed by atoms with Gasteiger partial charge in [-0.1, -0.05) is 36.4 Å². The van der Waals surface area contributed by atoms with Crippen LogP contribution in [0, 0.1) is 12.8 Å².